The third-order valence-electron chi connectivity index (χ3n) is 5.84. The van der Waals surface area contributed by atoms with E-state index in [9.17, 15) is 9.59 Å². The molecular formula is C21H32N4O2. The maximum Gasteiger partial charge on any atom is 0.321 e. The first-order chi connectivity index (χ1) is 12.9. The predicted octanol–water partition coefficient (Wildman–Crippen LogP) is 2.82. The van der Waals surface area contributed by atoms with E-state index in [0.717, 1.165) is 50.0 Å². The molecule has 0 bridgehead atoms. The summed E-state index contributed by atoms with van der Waals surface area (Å²) in [4.78, 5) is 29.4. The number of carbonyl (C=O) groups is 2. The molecule has 2 heterocycles. The third kappa shape index (κ3) is 5.01. The first-order valence-electron chi connectivity index (χ1n) is 10.1. The largest absolute Gasteiger partial charge is 0.342 e. The number of hydrogen-bond donors (Lipinski definition) is 2. The summed E-state index contributed by atoms with van der Waals surface area (Å²) < 4.78 is 0. The molecule has 6 heteroatoms. The molecule has 1 aromatic rings. The van der Waals surface area contributed by atoms with Gasteiger partial charge in [0.2, 0.25) is 5.91 Å². The van der Waals surface area contributed by atoms with Crippen LogP contribution in [-0.2, 0) is 4.79 Å². The van der Waals surface area contributed by atoms with Gasteiger partial charge < -0.3 is 20.9 Å². The van der Waals surface area contributed by atoms with Gasteiger partial charge in [-0.25, -0.2) is 4.79 Å². The zero-order valence-corrected chi connectivity index (χ0v) is 16.5. The summed E-state index contributed by atoms with van der Waals surface area (Å²) in [6.07, 6.45) is 3.83. The minimum Gasteiger partial charge on any atom is -0.342 e. The number of nitrogens with zero attached hydrogens (tertiary/aromatic N) is 2. The molecule has 2 aliphatic rings. The Labute approximate surface area is 162 Å². The maximum absolute atomic E-state index is 13.0. The van der Waals surface area contributed by atoms with E-state index in [1.165, 1.54) is 0 Å². The lowest BCUT2D eigenvalue weighted by Gasteiger charge is -2.39. The molecule has 148 valence electrons. The minimum absolute atomic E-state index is 0.103. The standard InChI is InChI=1S/C21H32N4O2/c1-15-6-3-9-19(12-15)23-21(27)25-11-5-8-18(14-25)20(26)24-10-4-7-17(13-24)16(2)22/h3,6,9,12,16-18H,4-5,7-8,10-11,13-14,22H2,1-2H3,(H,23,27). The van der Waals surface area contributed by atoms with Crippen molar-refractivity contribution in [2.75, 3.05) is 31.5 Å². The lowest BCUT2D eigenvalue weighted by atomic mass is 9.90. The molecule has 0 radical (unpaired) electrons. The predicted molar refractivity (Wildman–Crippen MR) is 107 cm³/mol. The van der Waals surface area contributed by atoms with Crippen molar-refractivity contribution < 1.29 is 9.59 Å². The summed E-state index contributed by atoms with van der Waals surface area (Å²) in [6, 6.07) is 7.76. The number of carbonyl (C=O) groups excluding carboxylic acids is 2. The quantitative estimate of drug-likeness (QED) is 0.856. The molecule has 0 spiro atoms. The van der Waals surface area contributed by atoms with E-state index in [-0.39, 0.29) is 23.9 Å². The molecule has 3 rings (SSSR count). The van der Waals surface area contributed by atoms with Crippen LogP contribution in [0.5, 0.6) is 0 Å². The maximum atomic E-state index is 13.0. The average molecular weight is 373 g/mol. The van der Waals surface area contributed by atoms with Gasteiger partial charge in [-0.3, -0.25) is 4.79 Å². The Hall–Kier alpha value is -2.08. The number of anilines is 1. The molecule has 1 aromatic carbocycles. The number of nitrogens with two attached hydrogens (primary N) is 1. The molecule has 2 fully saturated rings. The number of benzene rings is 1. The van der Waals surface area contributed by atoms with Gasteiger partial charge in [0.25, 0.3) is 0 Å². The van der Waals surface area contributed by atoms with Crippen molar-refractivity contribution in [1.29, 1.82) is 0 Å². The van der Waals surface area contributed by atoms with E-state index in [1.807, 2.05) is 43.0 Å². The van der Waals surface area contributed by atoms with Gasteiger partial charge in [0.15, 0.2) is 0 Å². The highest BCUT2D eigenvalue weighted by atomic mass is 16.2. The molecule has 3 N–H and O–H groups in total. The Morgan fingerprint density at radius 3 is 2.63 bits per heavy atom. The van der Waals surface area contributed by atoms with Crippen molar-refractivity contribution in [2.24, 2.45) is 17.6 Å². The van der Waals surface area contributed by atoms with Gasteiger partial charge in [-0.2, -0.15) is 0 Å². The molecule has 0 aromatic heterocycles. The highest BCUT2D eigenvalue weighted by molar-refractivity contribution is 5.90. The van der Waals surface area contributed by atoms with Gasteiger partial charge in [-0.05, 0) is 63.1 Å². The Morgan fingerprint density at radius 1 is 1.15 bits per heavy atom. The van der Waals surface area contributed by atoms with Gasteiger partial charge in [0.05, 0.1) is 5.92 Å². The molecule has 2 saturated heterocycles. The second kappa shape index (κ2) is 8.74. The van der Waals surface area contributed by atoms with Crippen molar-refractivity contribution >= 4 is 17.6 Å². The number of piperidine rings is 2. The first-order valence-corrected chi connectivity index (χ1v) is 10.1. The highest BCUT2D eigenvalue weighted by Crippen LogP contribution is 2.24. The fourth-order valence-corrected chi connectivity index (χ4v) is 4.19. The Morgan fingerprint density at radius 2 is 1.89 bits per heavy atom. The lowest BCUT2D eigenvalue weighted by molar-refractivity contribution is -0.138. The summed E-state index contributed by atoms with van der Waals surface area (Å²) in [7, 11) is 0. The van der Waals surface area contributed by atoms with Gasteiger partial charge >= 0.3 is 6.03 Å². The van der Waals surface area contributed by atoms with Gasteiger partial charge in [0, 0.05) is 37.9 Å². The van der Waals surface area contributed by atoms with Crippen LogP contribution >= 0.6 is 0 Å². The number of rotatable bonds is 3. The van der Waals surface area contributed by atoms with Crippen LogP contribution in [-0.4, -0.2) is 54.0 Å². The van der Waals surface area contributed by atoms with E-state index in [2.05, 4.69) is 5.32 Å². The van der Waals surface area contributed by atoms with Gasteiger partial charge in [-0.15, -0.1) is 0 Å². The van der Waals surface area contributed by atoms with Crippen LogP contribution in [0.15, 0.2) is 24.3 Å². The smallest absolute Gasteiger partial charge is 0.321 e. The lowest BCUT2D eigenvalue weighted by Crippen LogP contribution is -2.51. The Kier molecular flexibility index (Phi) is 6.37. The first kappa shape index (κ1) is 19.7. The van der Waals surface area contributed by atoms with E-state index < -0.39 is 0 Å². The summed E-state index contributed by atoms with van der Waals surface area (Å²) in [5.74, 6) is 0.467. The molecule has 3 amide bonds. The topological polar surface area (TPSA) is 78.7 Å². The van der Waals surface area contributed by atoms with Crippen LogP contribution in [0.2, 0.25) is 0 Å². The van der Waals surface area contributed by atoms with Crippen LogP contribution in [0.25, 0.3) is 0 Å². The summed E-state index contributed by atoms with van der Waals surface area (Å²) in [5, 5.41) is 2.96. The van der Waals surface area contributed by atoms with Crippen molar-refractivity contribution in [1.82, 2.24) is 9.80 Å². The average Bonchev–Trinajstić information content (AvgIpc) is 2.67. The highest BCUT2D eigenvalue weighted by Gasteiger charge is 2.34. The van der Waals surface area contributed by atoms with Gasteiger partial charge in [-0.1, -0.05) is 12.1 Å². The van der Waals surface area contributed by atoms with E-state index in [0.29, 0.717) is 19.0 Å². The Balaban J connectivity index is 1.58. The fourth-order valence-electron chi connectivity index (χ4n) is 4.19. The monoisotopic (exact) mass is 372 g/mol. The number of nitrogens with one attached hydrogen (secondary N) is 1. The fraction of sp³-hybridized carbons (Fsp3) is 0.619. The number of urea groups is 1. The zero-order chi connectivity index (χ0) is 19.4. The number of likely N-dealkylation sites (tertiary alicyclic amines) is 2. The molecule has 0 aliphatic carbocycles. The van der Waals surface area contributed by atoms with E-state index in [4.69, 9.17) is 5.73 Å². The molecular weight excluding hydrogens is 340 g/mol. The van der Waals surface area contributed by atoms with E-state index >= 15 is 0 Å². The van der Waals surface area contributed by atoms with Crippen molar-refractivity contribution in [3.05, 3.63) is 29.8 Å². The van der Waals surface area contributed by atoms with Crippen LogP contribution in [0, 0.1) is 18.8 Å². The van der Waals surface area contributed by atoms with Crippen molar-refractivity contribution in [3.63, 3.8) is 0 Å². The summed E-state index contributed by atoms with van der Waals surface area (Å²) in [5.41, 5.74) is 7.96. The molecule has 3 atom stereocenters. The van der Waals surface area contributed by atoms with E-state index in [1.54, 1.807) is 4.90 Å². The molecule has 3 unspecified atom stereocenters. The third-order valence-corrected chi connectivity index (χ3v) is 5.84. The minimum atomic E-state index is -0.120. The molecule has 27 heavy (non-hydrogen) atoms. The van der Waals surface area contributed by atoms with Gasteiger partial charge in [0.1, 0.15) is 0 Å². The van der Waals surface area contributed by atoms with Crippen LogP contribution < -0.4 is 11.1 Å². The number of hydrogen-bond acceptors (Lipinski definition) is 3. The normalized spacial score (nSPS) is 24.4. The van der Waals surface area contributed by atoms with Crippen LogP contribution in [0.4, 0.5) is 10.5 Å². The molecule has 6 nitrogen and oxygen atoms in total. The van der Waals surface area contributed by atoms with Crippen molar-refractivity contribution in [2.45, 2.75) is 45.6 Å². The molecule has 2 aliphatic heterocycles. The summed E-state index contributed by atoms with van der Waals surface area (Å²) in [6.45, 7) is 6.78. The second-order valence-corrected chi connectivity index (χ2v) is 8.13. The number of amides is 3. The number of aryl methyl sites for hydroxylation is 1. The van der Waals surface area contributed by atoms with Crippen LogP contribution in [0.3, 0.4) is 0 Å². The zero-order valence-electron chi connectivity index (χ0n) is 16.5. The molecule has 0 saturated carbocycles. The second-order valence-electron chi connectivity index (χ2n) is 8.13. The van der Waals surface area contributed by atoms with Crippen LogP contribution in [0.1, 0.15) is 38.2 Å². The Bertz CT molecular complexity index is 676. The summed E-state index contributed by atoms with van der Waals surface area (Å²) >= 11 is 0. The van der Waals surface area contributed by atoms with Crippen molar-refractivity contribution in [3.8, 4) is 0 Å². The SMILES string of the molecule is Cc1cccc(NC(=O)N2CCCC(C(=O)N3CCCC(C(C)N)C3)C2)c1.